The van der Waals surface area contributed by atoms with Gasteiger partial charge in [0.15, 0.2) is 6.61 Å². The molecule has 0 radical (unpaired) electrons. The van der Waals surface area contributed by atoms with E-state index in [-0.39, 0.29) is 24.6 Å². The molecule has 2 aliphatic rings. The quantitative estimate of drug-likeness (QED) is 0.615. The minimum absolute atomic E-state index is 0.00830. The maximum atomic E-state index is 12.8. The molecule has 3 heterocycles. The Labute approximate surface area is 180 Å². The van der Waals surface area contributed by atoms with Crippen molar-refractivity contribution in [3.63, 3.8) is 0 Å². The number of carbonyl (C=O) groups is 1. The van der Waals surface area contributed by atoms with E-state index in [1.807, 2.05) is 35.2 Å². The van der Waals surface area contributed by atoms with Gasteiger partial charge in [0.05, 0.1) is 31.0 Å². The van der Waals surface area contributed by atoms with Crippen molar-refractivity contribution in [2.24, 2.45) is 0 Å². The van der Waals surface area contributed by atoms with Crippen LogP contribution < -0.4 is 4.74 Å². The topological polar surface area (TPSA) is 85.6 Å². The van der Waals surface area contributed by atoms with Crippen molar-refractivity contribution in [1.29, 1.82) is 0 Å². The summed E-state index contributed by atoms with van der Waals surface area (Å²) in [5.74, 6) is 0.625. The molecule has 1 amide bonds. The molecule has 9 heteroatoms. The van der Waals surface area contributed by atoms with Crippen molar-refractivity contribution in [3.8, 4) is 11.4 Å². The van der Waals surface area contributed by atoms with Crippen LogP contribution in [-0.4, -0.2) is 81.4 Å². The van der Waals surface area contributed by atoms with E-state index in [4.69, 9.17) is 9.47 Å². The number of fused-ring (bicyclic) bond motifs is 1. The lowest BCUT2D eigenvalue weighted by molar-refractivity contribution is -0.142. The molecule has 3 aromatic rings. The number of morpholine rings is 1. The first kappa shape index (κ1) is 19.7. The number of nitrogens with zero attached hydrogens (tertiary/aromatic N) is 6. The molecule has 5 rings (SSSR count). The Morgan fingerprint density at radius 2 is 1.90 bits per heavy atom. The second kappa shape index (κ2) is 8.83. The molecule has 9 nitrogen and oxygen atoms in total. The SMILES string of the molecule is O=C(COc1ccc(-n2cnnn2)cc1)N1CCN2[C@@H](COC[C@@H]2c2ccccc2)C1. The Bertz CT molecular complexity index is 996. The third kappa shape index (κ3) is 4.28. The average molecular weight is 420 g/mol. The number of hydrogen-bond donors (Lipinski definition) is 0. The first-order valence-corrected chi connectivity index (χ1v) is 10.4. The fourth-order valence-corrected chi connectivity index (χ4v) is 4.24. The maximum Gasteiger partial charge on any atom is 0.260 e. The van der Waals surface area contributed by atoms with E-state index >= 15 is 0 Å². The van der Waals surface area contributed by atoms with Crippen LogP contribution in [0.5, 0.6) is 5.75 Å². The van der Waals surface area contributed by atoms with E-state index in [9.17, 15) is 4.79 Å². The van der Waals surface area contributed by atoms with Gasteiger partial charge >= 0.3 is 0 Å². The fraction of sp³-hybridized carbons (Fsp3) is 0.364. The van der Waals surface area contributed by atoms with E-state index in [2.05, 4.69) is 44.7 Å². The van der Waals surface area contributed by atoms with Crippen molar-refractivity contribution >= 4 is 5.91 Å². The van der Waals surface area contributed by atoms with Crippen molar-refractivity contribution in [2.45, 2.75) is 12.1 Å². The summed E-state index contributed by atoms with van der Waals surface area (Å²) in [6.07, 6.45) is 1.52. The molecule has 0 unspecified atom stereocenters. The molecule has 0 bridgehead atoms. The highest BCUT2D eigenvalue weighted by atomic mass is 16.5. The predicted octanol–water partition coefficient (Wildman–Crippen LogP) is 1.33. The lowest BCUT2D eigenvalue weighted by Crippen LogP contribution is -2.60. The van der Waals surface area contributed by atoms with Gasteiger partial charge in [-0.25, -0.2) is 4.68 Å². The number of hydrogen-bond acceptors (Lipinski definition) is 7. The molecule has 2 atom stereocenters. The number of tetrazole rings is 1. The van der Waals surface area contributed by atoms with Gasteiger partial charge < -0.3 is 14.4 Å². The molecule has 2 saturated heterocycles. The van der Waals surface area contributed by atoms with Gasteiger partial charge in [-0.3, -0.25) is 9.69 Å². The van der Waals surface area contributed by atoms with E-state index in [0.29, 0.717) is 32.1 Å². The standard InChI is InChI=1S/C22H24N6O3/c29-22(15-31-20-8-6-18(7-9-20)28-16-23-24-25-28)26-10-11-27-19(12-26)13-30-14-21(27)17-4-2-1-3-5-17/h1-9,16,19,21H,10-15H2/t19-,21-/m1/s1. The van der Waals surface area contributed by atoms with Crippen molar-refractivity contribution in [3.05, 3.63) is 66.5 Å². The average Bonchev–Trinajstić information content (AvgIpc) is 3.38. The summed E-state index contributed by atoms with van der Waals surface area (Å²) in [4.78, 5) is 17.1. The fourth-order valence-electron chi connectivity index (χ4n) is 4.24. The monoisotopic (exact) mass is 420 g/mol. The van der Waals surface area contributed by atoms with Gasteiger partial charge in [-0.1, -0.05) is 30.3 Å². The maximum absolute atomic E-state index is 12.8. The largest absolute Gasteiger partial charge is 0.484 e. The van der Waals surface area contributed by atoms with Crippen LogP contribution in [0.3, 0.4) is 0 Å². The number of aromatic nitrogens is 4. The first-order chi connectivity index (χ1) is 15.3. The van der Waals surface area contributed by atoms with Crippen LogP contribution in [0.4, 0.5) is 0 Å². The normalized spacial score (nSPS) is 21.5. The highest BCUT2D eigenvalue weighted by Gasteiger charge is 2.37. The minimum atomic E-state index is -0.00830. The molecule has 0 saturated carbocycles. The van der Waals surface area contributed by atoms with E-state index < -0.39 is 0 Å². The number of ether oxygens (including phenoxy) is 2. The second-order valence-electron chi connectivity index (χ2n) is 7.73. The highest BCUT2D eigenvalue weighted by molar-refractivity contribution is 5.78. The Morgan fingerprint density at radius 1 is 1.06 bits per heavy atom. The molecule has 0 aliphatic carbocycles. The van der Waals surface area contributed by atoms with E-state index in [1.54, 1.807) is 4.68 Å². The number of piperazine rings is 1. The zero-order chi connectivity index (χ0) is 21.0. The van der Waals surface area contributed by atoms with Gasteiger partial charge in [0.25, 0.3) is 5.91 Å². The Morgan fingerprint density at radius 3 is 2.68 bits per heavy atom. The third-order valence-corrected chi connectivity index (χ3v) is 5.86. The first-order valence-electron chi connectivity index (χ1n) is 10.4. The lowest BCUT2D eigenvalue weighted by atomic mass is 10.00. The van der Waals surface area contributed by atoms with Crippen LogP contribution in [0.15, 0.2) is 60.9 Å². The summed E-state index contributed by atoms with van der Waals surface area (Å²) in [6, 6.07) is 18.2. The van der Waals surface area contributed by atoms with Crippen LogP contribution in [0, 0.1) is 0 Å². The van der Waals surface area contributed by atoms with Crippen LogP contribution in [0.25, 0.3) is 5.69 Å². The van der Waals surface area contributed by atoms with Gasteiger partial charge in [0, 0.05) is 19.6 Å². The molecule has 2 fully saturated rings. The van der Waals surface area contributed by atoms with Crippen LogP contribution >= 0.6 is 0 Å². The number of carbonyl (C=O) groups excluding carboxylic acids is 1. The molecular weight excluding hydrogens is 396 g/mol. The Balaban J connectivity index is 1.16. The van der Waals surface area contributed by atoms with Crippen molar-refractivity contribution < 1.29 is 14.3 Å². The molecule has 160 valence electrons. The zero-order valence-corrected chi connectivity index (χ0v) is 17.1. The molecule has 31 heavy (non-hydrogen) atoms. The Hall–Kier alpha value is -3.30. The van der Waals surface area contributed by atoms with Crippen molar-refractivity contribution in [2.75, 3.05) is 39.5 Å². The second-order valence-corrected chi connectivity index (χ2v) is 7.73. The zero-order valence-electron chi connectivity index (χ0n) is 17.1. The molecule has 2 aliphatic heterocycles. The number of rotatable bonds is 5. The highest BCUT2D eigenvalue weighted by Crippen LogP contribution is 2.29. The summed E-state index contributed by atoms with van der Waals surface area (Å²) in [5.41, 5.74) is 2.09. The molecule has 1 aromatic heterocycles. The van der Waals surface area contributed by atoms with Gasteiger partial charge in [-0.05, 0) is 40.3 Å². The lowest BCUT2D eigenvalue weighted by Gasteiger charge is -2.48. The van der Waals surface area contributed by atoms with Crippen molar-refractivity contribution in [1.82, 2.24) is 30.0 Å². The van der Waals surface area contributed by atoms with E-state index in [0.717, 1.165) is 12.2 Å². The van der Waals surface area contributed by atoms with Crippen LogP contribution in [-0.2, 0) is 9.53 Å². The van der Waals surface area contributed by atoms with Gasteiger partial charge in [-0.2, -0.15) is 0 Å². The van der Waals surface area contributed by atoms with Gasteiger partial charge in [0.2, 0.25) is 0 Å². The van der Waals surface area contributed by atoms with Crippen LogP contribution in [0.2, 0.25) is 0 Å². The third-order valence-electron chi connectivity index (χ3n) is 5.86. The summed E-state index contributed by atoms with van der Waals surface area (Å²) in [5, 5.41) is 11.1. The summed E-state index contributed by atoms with van der Waals surface area (Å²) < 4.78 is 13.2. The molecule has 2 aromatic carbocycles. The number of benzene rings is 2. The molecular formula is C22H24N6O3. The predicted molar refractivity (Wildman–Crippen MR) is 112 cm³/mol. The summed E-state index contributed by atoms with van der Waals surface area (Å²) in [6.45, 7) is 3.54. The van der Waals surface area contributed by atoms with Gasteiger partial charge in [0.1, 0.15) is 12.1 Å². The number of amides is 1. The Kier molecular flexibility index (Phi) is 5.59. The van der Waals surface area contributed by atoms with Gasteiger partial charge in [-0.15, -0.1) is 5.10 Å². The molecule has 0 spiro atoms. The summed E-state index contributed by atoms with van der Waals surface area (Å²) >= 11 is 0. The smallest absolute Gasteiger partial charge is 0.260 e. The minimum Gasteiger partial charge on any atom is -0.484 e. The van der Waals surface area contributed by atoms with E-state index in [1.165, 1.54) is 11.9 Å². The molecule has 0 N–H and O–H groups in total. The summed E-state index contributed by atoms with van der Waals surface area (Å²) in [7, 11) is 0. The van der Waals surface area contributed by atoms with Crippen LogP contribution in [0.1, 0.15) is 11.6 Å².